The highest BCUT2D eigenvalue weighted by molar-refractivity contribution is 6.42. The molecule has 126 valence electrons. The summed E-state index contributed by atoms with van der Waals surface area (Å²) in [6.45, 7) is 1.76. The van der Waals surface area contributed by atoms with Gasteiger partial charge in [-0.05, 0) is 42.8 Å². The van der Waals surface area contributed by atoms with Gasteiger partial charge in [0, 0.05) is 5.56 Å². The number of hydrogen-bond donors (Lipinski definition) is 1. The van der Waals surface area contributed by atoms with Crippen LogP contribution in [0.15, 0.2) is 41.5 Å². The van der Waals surface area contributed by atoms with E-state index in [1.807, 2.05) is 0 Å². The lowest BCUT2D eigenvalue weighted by Gasteiger charge is -2.09. The maximum Gasteiger partial charge on any atom is 0.271 e. The summed E-state index contributed by atoms with van der Waals surface area (Å²) in [7, 11) is 3.04. The van der Waals surface area contributed by atoms with Crippen LogP contribution in [0.5, 0.6) is 11.5 Å². The summed E-state index contributed by atoms with van der Waals surface area (Å²) in [6.07, 6.45) is 0. The van der Waals surface area contributed by atoms with Crippen LogP contribution in [0.3, 0.4) is 0 Å². The van der Waals surface area contributed by atoms with E-state index in [-0.39, 0.29) is 5.91 Å². The number of halogens is 2. The van der Waals surface area contributed by atoms with Crippen LogP contribution in [0.25, 0.3) is 0 Å². The standard InChI is InChI=1S/C17H16Cl2N2O3/c1-10(11-4-6-13(18)14(19)8-11)20-21-17(22)12-5-7-15(23-2)16(9-12)24-3/h4-9H,1-3H3,(H,21,22)/b20-10-. The average molecular weight is 367 g/mol. The topological polar surface area (TPSA) is 59.9 Å². The van der Waals surface area contributed by atoms with Crippen molar-refractivity contribution in [3.8, 4) is 11.5 Å². The first kappa shape index (κ1) is 18.1. The van der Waals surface area contributed by atoms with Crippen LogP contribution in [0.4, 0.5) is 0 Å². The van der Waals surface area contributed by atoms with Crippen molar-refractivity contribution in [2.24, 2.45) is 5.10 Å². The third kappa shape index (κ3) is 4.19. The first-order chi connectivity index (χ1) is 11.5. The van der Waals surface area contributed by atoms with Crippen LogP contribution in [-0.4, -0.2) is 25.8 Å². The molecule has 2 rings (SSSR count). The number of hydrogen-bond acceptors (Lipinski definition) is 4. The minimum atomic E-state index is -0.365. The fourth-order valence-corrected chi connectivity index (χ4v) is 2.26. The van der Waals surface area contributed by atoms with Crippen LogP contribution < -0.4 is 14.9 Å². The van der Waals surface area contributed by atoms with Crippen molar-refractivity contribution < 1.29 is 14.3 Å². The molecule has 5 nitrogen and oxygen atoms in total. The molecule has 2 aromatic carbocycles. The lowest BCUT2D eigenvalue weighted by Crippen LogP contribution is -2.19. The van der Waals surface area contributed by atoms with Gasteiger partial charge >= 0.3 is 0 Å². The number of hydrazone groups is 1. The van der Waals surface area contributed by atoms with E-state index in [2.05, 4.69) is 10.5 Å². The molecule has 0 unspecified atom stereocenters. The molecule has 7 heteroatoms. The Balaban J connectivity index is 2.15. The summed E-state index contributed by atoms with van der Waals surface area (Å²) < 4.78 is 10.3. The number of amides is 1. The molecule has 0 spiro atoms. The van der Waals surface area contributed by atoms with Gasteiger partial charge in [0.25, 0.3) is 5.91 Å². The Kier molecular flexibility index (Phi) is 6.06. The predicted molar refractivity (Wildman–Crippen MR) is 95.7 cm³/mol. The van der Waals surface area contributed by atoms with E-state index < -0.39 is 0 Å². The van der Waals surface area contributed by atoms with Crippen molar-refractivity contribution in [2.45, 2.75) is 6.92 Å². The van der Waals surface area contributed by atoms with Gasteiger partial charge in [0.05, 0.1) is 30.0 Å². The Hall–Kier alpha value is -2.24. The van der Waals surface area contributed by atoms with E-state index in [1.165, 1.54) is 14.2 Å². The van der Waals surface area contributed by atoms with Crippen LogP contribution in [0, 0.1) is 0 Å². The second-order valence-corrected chi connectivity index (χ2v) is 5.65. The number of carbonyl (C=O) groups is 1. The Morgan fingerprint density at radius 3 is 2.25 bits per heavy atom. The molecule has 0 saturated heterocycles. The second-order valence-electron chi connectivity index (χ2n) is 4.84. The summed E-state index contributed by atoms with van der Waals surface area (Å²) in [6, 6.07) is 10.00. The number of nitrogens with zero attached hydrogens (tertiary/aromatic N) is 1. The largest absolute Gasteiger partial charge is 0.493 e. The van der Waals surface area contributed by atoms with Gasteiger partial charge in [0.2, 0.25) is 0 Å². The highest BCUT2D eigenvalue weighted by atomic mass is 35.5. The molecule has 1 amide bonds. The van der Waals surface area contributed by atoms with Crippen molar-refractivity contribution in [1.29, 1.82) is 0 Å². The van der Waals surface area contributed by atoms with Crippen LogP contribution >= 0.6 is 23.2 Å². The predicted octanol–water partition coefficient (Wildman–Crippen LogP) is 4.16. The van der Waals surface area contributed by atoms with Crippen molar-refractivity contribution in [3.63, 3.8) is 0 Å². The summed E-state index contributed by atoms with van der Waals surface area (Å²) in [5.74, 6) is 0.648. The molecule has 2 aromatic rings. The maximum absolute atomic E-state index is 12.2. The molecular weight excluding hydrogens is 351 g/mol. The number of carbonyl (C=O) groups excluding carboxylic acids is 1. The van der Waals surface area contributed by atoms with Crippen molar-refractivity contribution in [2.75, 3.05) is 14.2 Å². The fourth-order valence-electron chi connectivity index (χ4n) is 1.96. The molecule has 0 fully saturated rings. The number of benzene rings is 2. The van der Waals surface area contributed by atoms with E-state index in [0.717, 1.165) is 5.56 Å². The zero-order valence-electron chi connectivity index (χ0n) is 13.4. The van der Waals surface area contributed by atoms with E-state index >= 15 is 0 Å². The van der Waals surface area contributed by atoms with Crippen LogP contribution in [0.2, 0.25) is 10.0 Å². The minimum absolute atomic E-state index is 0.365. The summed E-state index contributed by atoms with van der Waals surface area (Å²) in [5.41, 5.74) is 4.26. The molecule has 24 heavy (non-hydrogen) atoms. The van der Waals surface area contributed by atoms with Crippen molar-refractivity contribution in [1.82, 2.24) is 5.43 Å². The molecule has 0 bridgehead atoms. The minimum Gasteiger partial charge on any atom is -0.493 e. The van der Waals surface area contributed by atoms with Gasteiger partial charge in [-0.3, -0.25) is 4.79 Å². The molecular formula is C17H16Cl2N2O3. The maximum atomic E-state index is 12.2. The van der Waals surface area contributed by atoms with Gasteiger partial charge in [-0.2, -0.15) is 5.10 Å². The number of rotatable bonds is 5. The van der Waals surface area contributed by atoms with Crippen LogP contribution in [-0.2, 0) is 0 Å². The first-order valence-electron chi connectivity index (χ1n) is 6.98. The van der Waals surface area contributed by atoms with E-state index in [4.69, 9.17) is 32.7 Å². The second kappa shape index (κ2) is 8.04. The molecule has 0 aromatic heterocycles. The van der Waals surface area contributed by atoms with Crippen LogP contribution in [0.1, 0.15) is 22.8 Å². The zero-order valence-corrected chi connectivity index (χ0v) is 14.9. The van der Waals surface area contributed by atoms with Gasteiger partial charge in [-0.15, -0.1) is 0 Å². The smallest absolute Gasteiger partial charge is 0.271 e. The number of methoxy groups -OCH3 is 2. The van der Waals surface area contributed by atoms with Gasteiger partial charge in [0.1, 0.15) is 0 Å². The van der Waals surface area contributed by atoms with Crippen molar-refractivity contribution in [3.05, 3.63) is 57.6 Å². The average Bonchev–Trinajstić information content (AvgIpc) is 2.60. The fraction of sp³-hybridized carbons (Fsp3) is 0.176. The van der Waals surface area contributed by atoms with Gasteiger partial charge in [0.15, 0.2) is 11.5 Å². The number of ether oxygens (including phenoxy) is 2. The molecule has 0 aliphatic carbocycles. The normalized spacial score (nSPS) is 11.1. The molecule has 0 aliphatic rings. The highest BCUT2D eigenvalue weighted by Crippen LogP contribution is 2.27. The Morgan fingerprint density at radius 2 is 1.62 bits per heavy atom. The molecule has 1 N–H and O–H groups in total. The quantitative estimate of drug-likeness (QED) is 0.638. The monoisotopic (exact) mass is 366 g/mol. The molecule has 0 atom stereocenters. The summed E-state index contributed by atoms with van der Waals surface area (Å²) >= 11 is 11.9. The third-order valence-corrected chi connectivity index (χ3v) is 4.05. The van der Waals surface area contributed by atoms with Gasteiger partial charge in [-0.1, -0.05) is 29.3 Å². The first-order valence-corrected chi connectivity index (χ1v) is 7.74. The highest BCUT2D eigenvalue weighted by Gasteiger charge is 2.10. The summed E-state index contributed by atoms with van der Waals surface area (Å²) in [5, 5.41) is 4.97. The Bertz CT molecular complexity index is 791. The molecule has 0 saturated carbocycles. The summed E-state index contributed by atoms with van der Waals surface area (Å²) in [4.78, 5) is 12.2. The number of nitrogens with one attached hydrogen (secondary N) is 1. The lowest BCUT2D eigenvalue weighted by molar-refractivity contribution is 0.0954. The third-order valence-electron chi connectivity index (χ3n) is 3.31. The van der Waals surface area contributed by atoms with Crippen molar-refractivity contribution >= 4 is 34.8 Å². The van der Waals surface area contributed by atoms with Gasteiger partial charge in [-0.25, -0.2) is 5.43 Å². The van der Waals surface area contributed by atoms with Gasteiger partial charge < -0.3 is 9.47 Å². The molecule has 0 heterocycles. The van der Waals surface area contributed by atoms with E-state index in [1.54, 1.807) is 43.3 Å². The van der Waals surface area contributed by atoms with E-state index in [9.17, 15) is 4.79 Å². The Labute approximate surface area is 150 Å². The SMILES string of the molecule is COc1ccc(C(=O)N/N=C(/C)c2ccc(Cl)c(Cl)c2)cc1OC. The molecule has 0 aliphatic heterocycles. The lowest BCUT2D eigenvalue weighted by atomic mass is 10.1. The Morgan fingerprint density at radius 1 is 0.958 bits per heavy atom. The molecule has 0 radical (unpaired) electrons. The van der Waals surface area contributed by atoms with E-state index in [0.29, 0.717) is 32.8 Å². The zero-order chi connectivity index (χ0) is 17.7.